The number of anilines is 1. The van der Waals surface area contributed by atoms with Crippen molar-refractivity contribution in [2.75, 3.05) is 5.32 Å². The molecule has 0 radical (unpaired) electrons. The molecule has 0 unspecified atom stereocenters. The SMILES string of the molecule is CC(C)Cn1c(CN(C(=S)Nc2ccc(F)cc2)C(C)C)cnc1S(=O)(=O)Cc1cccc(Cl)c1. The van der Waals surface area contributed by atoms with Crippen molar-refractivity contribution in [3.8, 4) is 0 Å². The van der Waals surface area contributed by atoms with E-state index in [9.17, 15) is 12.8 Å². The zero-order chi connectivity index (χ0) is 25.8. The van der Waals surface area contributed by atoms with Crippen molar-refractivity contribution in [1.29, 1.82) is 0 Å². The minimum atomic E-state index is -3.72. The van der Waals surface area contributed by atoms with Gasteiger partial charge in [-0.15, -0.1) is 0 Å². The van der Waals surface area contributed by atoms with E-state index >= 15 is 0 Å². The monoisotopic (exact) mass is 536 g/mol. The van der Waals surface area contributed by atoms with Crippen LogP contribution in [-0.2, 0) is 28.7 Å². The number of rotatable bonds is 9. The van der Waals surface area contributed by atoms with Crippen LogP contribution in [0, 0.1) is 11.7 Å². The van der Waals surface area contributed by atoms with Crippen LogP contribution in [0.25, 0.3) is 0 Å². The Morgan fingerprint density at radius 2 is 1.86 bits per heavy atom. The number of hydrogen-bond acceptors (Lipinski definition) is 4. The van der Waals surface area contributed by atoms with Crippen LogP contribution in [-0.4, -0.2) is 34.0 Å². The standard InChI is InChI=1S/C25H30ClFN4O2S2/c1-17(2)14-31-23(13-28-25(31)35(32,33)16-19-6-5-7-20(26)12-19)15-30(18(3)4)24(34)29-22-10-8-21(27)9-11-22/h5-13,17-18H,14-16H2,1-4H3,(H,29,34). The van der Waals surface area contributed by atoms with Gasteiger partial charge in [0.2, 0.25) is 15.0 Å². The molecule has 0 spiro atoms. The summed E-state index contributed by atoms with van der Waals surface area (Å²) in [6.07, 6.45) is 1.60. The average molecular weight is 537 g/mol. The van der Waals surface area contributed by atoms with E-state index in [1.54, 1.807) is 47.2 Å². The molecule has 0 aliphatic rings. The first-order valence-electron chi connectivity index (χ1n) is 11.3. The first-order valence-corrected chi connectivity index (χ1v) is 13.7. The van der Waals surface area contributed by atoms with E-state index < -0.39 is 9.84 Å². The van der Waals surface area contributed by atoms with Gasteiger partial charge in [0.25, 0.3) is 0 Å². The summed E-state index contributed by atoms with van der Waals surface area (Å²) in [5, 5.41) is 4.10. The Labute approximate surface area is 217 Å². The fraction of sp³-hybridized carbons (Fsp3) is 0.360. The largest absolute Gasteiger partial charge is 0.341 e. The lowest BCUT2D eigenvalue weighted by molar-refractivity contribution is 0.331. The van der Waals surface area contributed by atoms with Gasteiger partial charge in [0.05, 0.1) is 24.2 Å². The molecule has 0 aliphatic heterocycles. The fourth-order valence-electron chi connectivity index (χ4n) is 3.63. The van der Waals surface area contributed by atoms with Gasteiger partial charge in [-0.3, -0.25) is 0 Å². The Hall–Kier alpha value is -2.49. The highest BCUT2D eigenvalue weighted by atomic mass is 35.5. The van der Waals surface area contributed by atoms with E-state index in [1.165, 1.54) is 12.1 Å². The van der Waals surface area contributed by atoms with Gasteiger partial charge >= 0.3 is 0 Å². The molecule has 0 saturated heterocycles. The van der Waals surface area contributed by atoms with E-state index in [-0.39, 0.29) is 28.7 Å². The lowest BCUT2D eigenvalue weighted by Gasteiger charge is -2.30. The summed E-state index contributed by atoms with van der Waals surface area (Å²) in [4.78, 5) is 6.28. The van der Waals surface area contributed by atoms with E-state index in [0.717, 1.165) is 5.69 Å². The molecule has 0 aliphatic carbocycles. The molecule has 188 valence electrons. The van der Waals surface area contributed by atoms with Crippen molar-refractivity contribution in [3.63, 3.8) is 0 Å². The van der Waals surface area contributed by atoms with Crippen molar-refractivity contribution in [2.45, 2.75) is 57.7 Å². The number of benzene rings is 2. The zero-order valence-corrected chi connectivity index (χ0v) is 22.6. The summed E-state index contributed by atoms with van der Waals surface area (Å²) in [6.45, 7) is 8.90. The van der Waals surface area contributed by atoms with Crippen LogP contribution in [0.15, 0.2) is 59.9 Å². The smallest absolute Gasteiger partial charge is 0.228 e. The van der Waals surface area contributed by atoms with Crippen LogP contribution in [0.1, 0.15) is 39.0 Å². The molecule has 1 N–H and O–H groups in total. The third-order valence-corrected chi connectivity index (χ3v) is 7.45. The van der Waals surface area contributed by atoms with Crippen LogP contribution >= 0.6 is 23.8 Å². The molecule has 3 aromatic rings. The van der Waals surface area contributed by atoms with Gasteiger partial charge < -0.3 is 14.8 Å². The van der Waals surface area contributed by atoms with Gasteiger partial charge in [-0.2, -0.15) is 0 Å². The summed E-state index contributed by atoms with van der Waals surface area (Å²) in [7, 11) is -3.72. The number of imidazole rings is 1. The normalized spacial score (nSPS) is 11.8. The minimum Gasteiger partial charge on any atom is -0.341 e. The van der Waals surface area contributed by atoms with Gasteiger partial charge in [-0.1, -0.05) is 37.6 Å². The Balaban J connectivity index is 1.90. The van der Waals surface area contributed by atoms with Crippen LogP contribution < -0.4 is 5.32 Å². The summed E-state index contributed by atoms with van der Waals surface area (Å²) >= 11 is 11.7. The van der Waals surface area contributed by atoms with E-state index in [0.29, 0.717) is 34.5 Å². The number of sulfone groups is 1. The molecule has 0 saturated carbocycles. The molecule has 10 heteroatoms. The maximum atomic E-state index is 13.3. The highest BCUT2D eigenvalue weighted by molar-refractivity contribution is 7.90. The first-order chi connectivity index (χ1) is 16.5. The predicted molar refractivity (Wildman–Crippen MR) is 143 cm³/mol. The van der Waals surface area contributed by atoms with Crippen LogP contribution in [0.2, 0.25) is 5.02 Å². The van der Waals surface area contributed by atoms with Crippen molar-refractivity contribution in [3.05, 3.63) is 76.8 Å². The molecule has 1 heterocycles. The molecule has 3 rings (SSSR count). The number of nitrogens with zero attached hydrogens (tertiary/aromatic N) is 3. The molecule has 1 aromatic heterocycles. The quantitative estimate of drug-likeness (QED) is 0.343. The Kier molecular flexibility index (Phi) is 8.90. The number of nitrogens with one attached hydrogen (secondary N) is 1. The molecular weight excluding hydrogens is 507 g/mol. The minimum absolute atomic E-state index is 0.0179. The summed E-state index contributed by atoms with van der Waals surface area (Å²) in [5.41, 5.74) is 2.01. The summed E-state index contributed by atoms with van der Waals surface area (Å²) in [6, 6.07) is 12.8. The van der Waals surface area contributed by atoms with Crippen molar-refractivity contribution in [1.82, 2.24) is 14.5 Å². The third kappa shape index (κ3) is 7.25. The number of hydrogen-bond donors (Lipinski definition) is 1. The van der Waals surface area contributed by atoms with E-state index in [2.05, 4.69) is 10.3 Å². The maximum absolute atomic E-state index is 13.3. The second-order valence-corrected chi connectivity index (χ2v) is 11.8. The zero-order valence-electron chi connectivity index (χ0n) is 20.2. The number of aromatic nitrogens is 2. The molecule has 0 bridgehead atoms. The Morgan fingerprint density at radius 3 is 2.46 bits per heavy atom. The summed E-state index contributed by atoms with van der Waals surface area (Å²) < 4.78 is 41.7. The average Bonchev–Trinajstić information content (AvgIpc) is 3.15. The van der Waals surface area contributed by atoms with Gasteiger partial charge in [-0.25, -0.2) is 17.8 Å². The van der Waals surface area contributed by atoms with Gasteiger partial charge in [-0.05, 0) is 73.9 Å². The highest BCUT2D eigenvalue weighted by Gasteiger charge is 2.26. The molecule has 0 fully saturated rings. The highest BCUT2D eigenvalue weighted by Crippen LogP contribution is 2.22. The molecular formula is C25H30ClFN4O2S2. The molecule has 2 aromatic carbocycles. The van der Waals surface area contributed by atoms with E-state index in [4.69, 9.17) is 23.8 Å². The van der Waals surface area contributed by atoms with Crippen molar-refractivity contribution >= 4 is 44.5 Å². The van der Waals surface area contributed by atoms with Crippen LogP contribution in [0.3, 0.4) is 0 Å². The number of halogens is 2. The van der Waals surface area contributed by atoms with E-state index in [1.807, 2.05) is 32.6 Å². The topological polar surface area (TPSA) is 67.2 Å². The third-order valence-electron chi connectivity index (χ3n) is 5.29. The van der Waals surface area contributed by atoms with Gasteiger partial charge in [0.1, 0.15) is 5.82 Å². The van der Waals surface area contributed by atoms with Crippen molar-refractivity contribution in [2.24, 2.45) is 5.92 Å². The second kappa shape index (κ2) is 11.5. The Bertz CT molecular complexity index is 1270. The van der Waals surface area contributed by atoms with Crippen LogP contribution in [0.4, 0.5) is 10.1 Å². The molecule has 35 heavy (non-hydrogen) atoms. The first kappa shape index (κ1) is 27.1. The predicted octanol–water partition coefficient (Wildman–Crippen LogP) is 5.91. The Morgan fingerprint density at radius 1 is 1.17 bits per heavy atom. The van der Waals surface area contributed by atoms with Crippen LogP contribution in [0.5, 0.6) is 0 Å². The fourth-order valence-corrected chi connectivity index (χ4v) is 5.72. The molecule has 0 atom stereocenters. The lowest BCUT2D eigenvalue weighted by atomic mass is 10.2. The number of thiocarbonyl (C=S) groups is 1. The summed E-state index contributed by atoms with van der Waals surface area (Å²) in [5.74, 6) is -0.327. The second-order valence-electron chi connectivity index (χ2n) is 9.08. The lowest BCUT2D eigenvalue weighted by Crippen LogP contribution is -2.40. The molecule has 0 amide bonds. The van der Waals surface area contributed by atoms with Crippen molar-refractivity contribution < 1.29 is 12.8 Å². The molecule has 6 nitrogen and oxygen atoms in total. The van der Waals surface area contributed by atoms with Gasteiger partial charge in [0, 0.05) is 23.3 Å². The van der Waals surface area contributed by atoms with Gasteiger partial charge in [0.15, 0.2) is 5.11 Å². The maximum Gasteiger partial charge on any atom is 0.228 e.